The molecule has 0 fully saturated rings. The molecule has 1 unspecified atom stereocenters. The first kappa shape index (κ1) is 12.5. The van der Waals surface area contributed by atoms with E-state index in [0.717, 1.165) is 12.1 Å². The minimum absolute atomic E-state index is 0.290. The second-order valence-electron chi connectivity index (χ2n) is 3.70. The van der Waals surface area contributed by atoms with Crippen LogP contribution >= 0.6 is 0 Å². The largest absolute Gasteiger partial charge is 0.465 e. The van der Waals surface area contributed by atoms with Crippen LogP contribution in [0.15, 0.2) is 24.3 Å². The molecule has 0 saturated carbocycles. The number of ether oxygens (including phenoxy) is 1. The SMILES string of the molecule is COC(=O)c1cccc(NC(C)CCN)c1. The maximum atomic E-state index is 11.3. The quantitative estimate of drug-likeness (QED) is 0.743. The van der Waals surface area contributed by atoms with Gasteiger partial charge in [-0.25, -0.2) is 4.79 Å². The van der Waals surface area contributed by atoms with E-state index in [9.17, 15) is 4.79 Å². The zero-order valence-corrected chi connectivity index (χ0v) is 9.69. The van der Waals surface area contributed by atoms with Crippen LogP contribution in [0, 0.1) is 0 Å². The van der Waals surface area contributed by atoms with E-state index in [1.807, 2.05) is 12.1 Å². The molecule has 0 radical (unpaired) electrons. The van der Waals surface area contributed by atoms with Crippen LogP contribution in [0.4, 0.5) is 5.69 Å². The number of methoxy groups -OCH3 is 1. The lowest BCUT2D eigenvalue weighted by Gasteiger charge is -2.14. The van der Waals surface area contributed by atoms with Gasteiger partial charge in [-0.1, -0.05) is 6.07 Å². The van der Waals surface area contributed by atoms with Gasteiger partial charge in [-0.3, -0.25) is 0 Å². The van der Waals surface area contributed by atoms with Crippen molar-refractivity contribution in [3.8, 4) is 0 Å². The van der Waals surface area contributed by atoms with Crippen molar-refractivity contribution in [2.45, 2.75) is 19.4 Å². The average molecular weight is 222 g/mol. The molecule has 0 aromatic heterocycles. The Labute approximate surface area is 95.8 Å². The summed E-state index contributed by atoms with van der Waals surface area (Å²) in [5.74, 6) is -0.324. The predicted octanol–water partition coefficient (Wildman–Crippen LogP) is 1.62. The fourth-order valence-electron chi connectivity index (χ4n) is 1.46. The molecule has 88 valence electrons. The number of hydrogen-bond donors (Lipinski definition) is 2. The van der Waals surface area contributed by atoms with Gasteiger partial charge >= 0.3 is 5.97 Å². The summed E-state index contributed by atoms with van der Waals surface area (Å²) in [5, 5.41) is 3.27. The normalized spacial score (nSPS) is 11.9. The predicted molar refractivity (Wildman–Crippen MR) is 64.5 cm³/mol. The van der Waals surface area contributed by atoms with E-state index in [4.69, 9.17) is 5.73 Å². The fraction of sp³-hybridized carbons (Fsp3) is 0.417. The number of carbonyl (C=O) groups excluding carboxylic acids is 1. The number of nitrogens with two attached hydrogens (primary N) is 1. The molecule has 0 aliphatic carbocycles. The summed E-state index contributed by atoms with van der Waals surface area (Å²) < 4.78 is 4.66. The molecule has 0 aliphatic rings. The van der Waals surface area contributed by atoms with E-state index in [1.54, 1.807) is 12.1 Å². The van der Waals surface area contributed by atoms with Gasteiger partial charge in [0, 0.05) is 11.7 Å². The summed E-state index contributed by atoms with van der Waals surface area (Å²) in [6.45, 7) is 2.70. The highest BCUT2D eigenvalue weighted by Crippen LogP contribution is 2.13. The third-order valence-electron chi connectivity index (χ3n) is 2.30. The summed E-state index contributed by atoms with van der Waals surface area (Å²) in [6, 6.07) is 7.53. The van der Waals surface area contributed by atoms with Crippen LogP contribution in [-0.4, -0.2) is 25.7 Å². The average Bonchev–Trinajstić information content (AvgIpc) is 2.28. The van der Waals surface area contributed by atoms with Crippen molar-refractivity contribution in [1.82, 2.24) is 0 Å². The second kappa shape index (κ2) is 6.12. The molecule has 0 spiro atoms. The summed E-state index contributed by atoms with van der Waals surface area (Å²) in [5.41, 5.74) is 6.92. The first-order valence-corrected chi connectivity index (χ1v) is 5.32. The number of anilines is 1. The van der Waals surface area contributed by atoms with Gasteiger partial charge in [-0.15, -0.1) is 0 Å². The van der Waals surface area contributed by atoms with Crippen molar-refractivity contribution in [2.75, 3.05) is 19.0 Å². The van der Waals surface area contributed by atoms with E-state index in [-0.39, 0.29) is 12.0 Å². The van der Waals surface area contributed by atoms with Crippen molar-refractivity contribution in [2.24, 2.45) is 5.73 Å². The van der Waals surface area contributed by atoms with Crippen molar-refractivity contribution < 1.29 is 9.53 Å². The molecule has 1 aromatic carbocycles. The highest BCUT2D eigenvalue weighted by molar-refractivity contribution is 5.90. The number of carbonyl (C=O) groups is 1. The molecule has 4 nitrogen and oxygen atoms in total. The number of nitrogens with one attached hydrogen (secondary N) is 1. The minimum Gasteiger partial charge on any atom is -0.465 e. The Morgan fingerprint density at radius 2 is 2.31 bits per heavy atom. The van der Waals surface area contributed by atoms with Gasteiger partial charge in [0.1, 0.15) is 0 Å². The maximum absolute atomic E-state index is 11.3. The van der Waals surface area contributed by atoms with Crippen molar-refractivity contribution in [1.29, 1.82) is 0 Å². The standard InChI is InChI=1S/C12H18N2O2/c1-9(6-7-13)14-11-5-3-4-10(8-11)12(15)16-2/h3-5,8-9,14H,6-7,13H2,1-2H3. The Bertz CT molecular complexity index is 353. The summed E-state index contributed by atoms with van der Waals surface area (Å²) >= 11 is 0. The Kier molecular flexibility index (Phi) is 4.79. The van der Waals surface area contributed by atoms with Gasteiger partial charge in [0.05, 0.1) is 12.7 Å². The smallest absolute Gasteiger partial charge is 0.337 e. The van der Waals surface area contributed by atoms with Gasteiger partial charge in [0.15, 0.2) is 0 Å². The van der Waals surface area contributed by atoms with Crippen LogP contribution in [0.25, 0.3) is 0 Å². The molecule has 0 bridgehead atoms. The highest BCUT2D eigenvalue weighted by atomic mass is 16.5. The summed E-state index contributed by atoms with van der Waals surface area (Å²) in [4.78, 5) is 11.3. The molecule has 1 rings (SSSR count). The van der Waals surface area contributed by atoms with E-state index in [2.05, 4.69) is 17.0 Å². The number of esters is 1. The van der Waals surface area contributed by atoms with E-state index >= 15 is 0 Å². The van der Waals surface area contributed by atoms with Crippen LogP contribution in [0.2, 0.25) is 0 Å². The zero-order valence-electron chi connectivity index (χ0n) is 9.69. The van der Waals surface area contributed by atoms with Gasteiger partial charge in [0.25, 0.3) is 0 Å². The van der Waals surface area contributed by atoms with Crippen LogP contribution in [0.1, 0.15) is 23.7 Å². The molecule has 1 aromatic rings. The Balaban J connectivity index is 2.70. The van der Waals surface area contributed by atoms with Gasteiger partial charge in [-0.05, 0) is 38.1 Å². The van der Waals surface area contributed by atoms with E-state index in [0.29, 0.717) is 12.1 Å². The molecule has 0 heterocycles. The molecule has 4 heteroatoms. The van der Waals surface area contributed by atoms with Gasteiger partial charge in [-0.2, -0.15) is 0 Å². The van der Waals surface area contributed by atoms with Crippen LogP contribution in [0.3, 0.4) is 0 Å². The van der Waals surface area contributed by atoms with Gasteiger partial charge < -0.3 is 15.8 Å². The zero-order chi connectivity index (χ0) is 12.0. The first-order valence-electron chi connectivity index (χ1n) is 5.32. The Morgan fingerprint density at radius 1 is 1.56 bits per heavy atom. The van der Waals surface area contributed by atoms with Crippen LogP contribution in [-0.2, 0) is 4.74 Å². The lowest BCUT2D eigenvalue weighted by Crippen LogP contribution is -2.19. The van der Waals surface area contributed by atoms with E-state index < -0.39 is 0 Å². The third kappa shape index (κ3) is 3.55. The first-order chi connectivity index (χ1) is 7.67. The summed E-state index contributed by atoms with van der Waals surface area (Å²) in [6.07, 6.45) is 0.891. The topological polar surface area (TPSA) is 64.3 Å². The van der Waals surface area contributed by atoms with Crippen molar-refractivity contribution in [3.63, 3.8) is 0 Å². The third-order valence-corrected chi connectivity index (χ3v) is 2.30. The molecule has 3 N–H and O–H groups in total. The number of rotatable bonds is 5. The molecule has 0 saturated heterocycles. The van der Waals surface area contributed by atoms with E-state index in [1.165, 1.54) is 7.11 Å². The lowest BCUT2D eigenvalue weighted by molar-refractivity contribution is 0.0601. The fourth-order valence-corrected chi connectivity index (χ4v) is 1.46. The van der Waals surface area contributed by atoms with Crippen LogP contribution < -0.4 is 11.1 Å². The number of benzene rings is 1. The molecule has 16 heavy (non-hydrogen) atoms. The van der Waals surface area contributed by atoms with Gasteiger partial charge in [0.2, 0.25) is 0 Å². The number of hydrogen-bond acceptors (Lipinski definition) is 4. The molecular formula is C12H18N2O2. The monoisotopic (exact) mass is 222 g/mol. The lowest BCUT2D eigenvalue weighted by atomic mass is 10.1. The Hall–Kier alpha value is -1.55. The molecular weight excluding hydrogens is 204 g/mol. The van der Waals surface area contributed by atoms with Crippen LogP contribution in [0.5, 0.6) is 0 Å². The Morgan fingerprint density at radius 3 is 2.94 bits per heavy atom. The van der Waals surface area contributed by atoms with Crippen molar-refractivity contribution >= 4 is 11.7 Å². The molecule has 0 aliphatic heterocycles. The second-order valence-corrected chi connectivity index (χ2v) is 3.70. The maximum Gasteiger partial charge on any atom is 0.337 e. The summed E-state index contributed by atoms with van der Waals surface area (Å²) in [7, 11) is 1.37. The van der Waals surface area contributed by atoms with Crippen molar-refractivity contribution in [3.05, 3.63) is 29.8 Å². The molecule has 1 atom stereocenters. The molecule has 0 amide bonds. The minimum atomic E-state index is -0.324. The highest BCUT2D eigenvalue weighted by Gasteiger charge is 2.06.